The molecule has 0 fully saturated rings. The van der Waals surface area contributed by atoms with Crippen LogP contribution in [0.25, 0.3) is 16.9 Å². The molecule has 0 spiro atoms. The van der Waals surface area contributed by atoms with Crippen molar-refractivity contribution in [3.8, 4) is 23.0 Å². The largest absolute Gasteiger partial charge is 0.374 e. The lowest BCUT2D eigenvalue weighted by molar-refractivity contribution is 0.139. The molecule has 3 rings (SSSR count). The van der Waals surface area contributed by atoms with E-state index in [2.05, 4.69) is 21.5 Å². The molecule has 0 radical (unpaired) electrons. The summed E-state index contributed by atoms with van der Waals surface area (Å²) in [6.07, 6.45) is 3.30. The fraction of sp³-hybridized carbons (Fsp3) is 0.250. The van der Waals surface area contributed by atoms with Crippen LogP contribution < -0.4 is 10.9 Å². The molecule has 27 heavy (non-hydrogen) atoms. The van der Waals surface area contributed by atoms with Gasteiger partial charge in [-0.25, -0.2) is 9.67 Å². The van der Waals surface area contributed by atoms with Crippen LogP contribution in [0.3, 0.4) is 0 Å². The lowest BCUT2D eigenvalue weighted by atomic mass is 10.0. The summed E-state index contributed by atoms with van der Waals surface area (Å²) >= 11 is 0. The molecule has 0 saturated carbocycles. The zero-order valence-electron chi connectivity index (χ0n) is 15.2. The predicted molar refractivity (Wildman–Crippen MR) is 102 cm³/mol. The summed E-state index contributed by atoms with van der Waals surface area (Å²) in [6, 6.07) is 10.7. The van der Waals surface area contributed by atoms with Gasteiger partial charge in [-0.3, -0.25) is 15.2 Å². The van der Waals surface area contributed by atoms with E-state index in [4.69, 9.17) is 5.26 Å². The number of aliphatic hydroxyl groups excluding tert-OH is 1. The third-order valence-electron chi connectivity index (χ3n) is 4.32. The number of pyridine rings is 1. The van der Waals surface area contributed by atoms with Gasteiger partial charge in [0.05, 0.1) is 17.2 Å². The topological polar surface area (TPSA) is 107 Å². The van der Waals surface area contributed by atoms with Crippen LogP contribution in [0.4, 0.5) is 0 Å². The monoisotopic (exact) mass is 363 g/mol. The van der Waals surface area contributed by atoms with Crippen LogP contribution in [0.1, 0.15) is 36.3 Å². The molecule has 0 amide bonds. The molecule has 0 saturated heterocycles. The molecular weight excluding hydrogens is 342 g/mol. The summed E-state index contributed by atoms with van der Waals surface area (Å²) in [6.45, 7) is 4.59. The average molecular weight is 363 g/mol. The number of hydrogen-bond donors (Lipinski definition) is 3. The summed E-state index contributed by atoms with van der Waals surface area (Å²) in [7, 11) is 0. The van der Waals surface area contributed by atoms with Gasteiger partial charge in [0.15, 0.2) is 5.82 Å². The van der Waals surface area contributed by atoms with Gasteiger partial charge in [-0.05, 0) is 55.3 Å². The number of aliphatic hydroxyl groups is 1. The Hall–Kier alpha value is -3.21. The van der Waals surface area contributed by atoms with E-state index >= 15 is 0 Å². The van der Waals surface area contributed by atoms with Crippen LogP contribution in [0.5, 0.6) is 0 Å². The highest BCUT2D eigenvalue weighted by molar-refractivity contribution is 5.67. The third-order valence-corrected chi connectivity index (χ3v) is 4.32. The zero-order valence-corrected chi connectivity index (χ0v) is 15.2. The van der Waals surface area contributed by atoms with E-state index in [1.807, 2.05) is 13.8 Å². The number of aromatic amines is 1. The number of aryl methyl sites for hydroxylation is 1. The van der Waals surface area contributed by atoms with Crippen LogP contribution in [-0.2, 0) is 0 Å². The Morgan fingerprint density at radius 3 is 2.78 bits per heavy atom. The Kier molecular flexibility index (Phi) is 5.50. The number of benzene rings is 1. The van der Waals surface area contributed by atoms with Gasteiger partial charge in [0.1, 0.15) is 6.23 Å². The number of aromatic nitrogens is 3. The van der Waals surface area contributed by atoms with Crippen LogP contribution in [0.2, 0.25) is 0 Å². The number of hydrogen-bond acceptors (Lipinski definition) is 5. The molecule has 1 atom stereocenters. The van der Waals surface area contributed by atoms with Gasteiger partial charge in [-0.15, -0.1) is 0 Å². The first-order chi connectivity index (χ1) is 13.0. The van der Waals surface area contributed by atoms with E-state index in [0.29, 0.717) is 29.1 Å². The molecule has 1 aromatic carbocycles. The SMILES string of the molecule is CCCNC(O)c1ccc(-n2[nH]cc(-c3ccc(C#N)cc3C)c2=O)nc1. The van der Waals surface area contributed by atoms with Crippen molar-refractivity contribution in [3.63, 3.8) is 0 Å². The smallest absolute Gasteiger partial charge is 0.280 e. The first-order valence-electron chi connectivity index (χ1n) is 8.74. The molecule has 7 heteroatoms. The standard InChI is InChI=1S/C20H21N5O2/c1-3-8-22-19(26)15-5-7-18(23-11-15)25-20(27)17(12-24-25)16-6-4-14(10-21)9-13(16)2/h4-7,9,11-12,19,22,24,26H,3,8H2,1-2H3. The fourth-order valence-corrected chi connectivity index (χ4v) is 2.86. The molecule has 138 valence electrons. The Morgan fingerprint density at radius 1 is 1.33 bits per heavy atom. The number of nitriles is 1. The molecule has 3 N–H and O–H groups in total. The van der Waals surface area contributed by atoms with Crippen molar-refractivity contribution in [2.45, 2.75) is 26.5 Å². The lowest BCUT2D eigenvalue weighted by Gasteiger charge is -2.12. The van der Waals surface area contributed by atoms with Gasteiger partial charge >= 0.3 is 0 Å². The van der Waals surface area contributed by atoms with E-state index < -0.39 is 6.23 Å². The summed E-state index contributed by atoms with van der Waals surface area (Å²) in [5.74, 6) is 0.434. The number of nitrogens with one attached hydrogen (secondary N) is 2. The summed E-state index contributed by atoms with van der Waals surface area (Å²) < 4.78 is 1.35. The minimum atomic E-state index is -0.788. The highest BCUT2D eigenvalue weighted by Gasteiger charge is 2.14. The number of rotatable bonds is 6. The Labute approximate surface area is 156 Å². The lowest BCUT2D eigenvalue weighted by Crippen LogP contribution is -2.22. The molecular formula is C20H21N5O2. The molecule has 0 aliphatic heterocycles. The predicted octanol–water partition coefficient (Wildman–Crippen LogP) is 2.40. The second-order valence-corrected chi connectivity index (χ2v) is 6.28. The first kappa shape index (κ1) is 18.6. The fourth-order valence-electron chi connectivity index (χ4n) is 2.86. The zero-order chi connectivity index (χ0) is 19.4. The van der Waals surface area contributed by atoms with Crippen LogP contribution >= 0.6 is 0 Å². The van der Waals surface area contributed by atoms with Crippen molar-refractivity contribution in [3.05, 3.63) is 69.8 Å². The average Bonchev–Trinajstić information content (AvgIpc) is 3.07. The molecule has 0 bridgehead atoms. The minimum absolute atomic E-state index is 0.229. The molecule has 3 aromatic rings. The van der Waals surface area contributed by atoms with Gasteiger partial charge < -0.3 is 5.11 Å². The van der Waals surface area contributed by atoms with Crippen molar-refractivity contribution in [2.24, 2.45) is 0 Å². The first-order valence-corrected chi connectivity index (χ1v) is 8.74. The Bertz CT molecular complexity index is 1030. The Balaban J connectivity index is 1.90. The van der Waals surface area contributed by atoms with Gasteiger partial charge in [0.25, 0.3) is 5.56 Å². The van der Waals surface area contributed by atoms with Gasteiger partial charge in [-0.2, -0.15) is 5.26 Å². The quantitative estimate of drug-likeness (QED) is 0.583. The number of nitrogens with zero attached hydrogens (tertiary/aromatic N) is 3. The molecule has 2 aromatic heterocycles. The van der Waals surface area contributed by atoms with Crippen molar-refractivity contribution in [1.29, 1.82) is 5.26 Å². The molecule has 7 nitrogen and oxygen atoms in total. The van der Waals surface area contributed by atoms with Gasteiger partial charge in [-0.1, -0.05) is 13.0 Å². The maximum absolute atomic E-state index is 12.8. The molecule has 0 aliphatic rings. The second-order valence-electron chi connectivity index (χ2n) is 6.28. The highest BCUT2D eigenvalue weighted by atomic mass is 16.3. The normalized spacial score (nSPS) is 11.9. The third kappa shape index (κ3) is 3.82. The van der Waals surface area contributed by atoms with E-state index in [-0.39, 0.29) is 5.56 Å². The van der Waals surface area contributed by atoms with E-state index in [1.54, 1.807) is 42.7 Å². The van der Waals surface area contributed by atoms with E-state index in [9.17, 15) is 9.90 Å². The van der Waals surface area contributed by atoms with Gasteiger partial charge in [0.2, 0.25) is 0 Å². The van der Waals surface area contributed by atoms with Crippen LogP contribution in [-0.4, -0.2) is 26.4 Å². The summed E-state index contributed by atoms with van der Waals surface area (Å²) in [4.78, 5) is 17.1. The summed E-state index contributed by atoms with van der Waals surface area (Å²) in [5.41, 5.74) is 3.09. The van der Waals surface area contributed by atoms with Gasteiger partial charge in [0, 0.05) is 18.0 Å². The van der Waals surface area contributed by atoms with E-state index in [0.717, 1.165) is 17.5 Å². The van der Waals surface area contributed by atoms with Crippen LogP contribution in [0, 0.1) is 18.3 Å². The molecule has 1 unspecified atom stereocenters. The van der Waals surface area contributed by atoms with Crippen molar-refractivity contribution >= 4 is 0 Å². The molecule has 2 heterocycles. The highest BCUT2D eigenvalue weighted by Crippen LogP contribution is 2.21. The Morgan fingerprint density at radius 2 is 2.15 bits per heavy atom. The van der Waals surface area contributed by atoms with E-state index in [1.165, 1.54) is 4.68 Å². The maximum atomic E-state index is 12.8. The minimum Gasteiger partial charge on any atom is -0.374 e. The molecule has 0 aliphatic carbocycles. The summed E-state index contributed by atoms with van der Waals surface area (Å²) in [5, 5.41) is 24.9. The van der Waals surface area contributed by atoms with Crippen molar-refractivity contribution in [1.82, 2.24) is 20.1 Å². The second kappa shape index (κ2) is 7.99. The number of H-pyrrole nitrogens is 1. The maximum Gasteiger partial charge on any atom is 0.280 e. The van der Waals surface area contributed by atoms with Crippen molar-refractivity contribution < 1.29 is 5.11 Å². The van der Waals surface area contributed by atoms with Crippen molar-refractivity contribution in [2.75, 3.05) is 6.54 Å². The van der Waals surface area contributed by atoms with Crippen LogP contribution in [0.15, 0.2) is 47.5 Å².